The number of morpholine rings is 1. The zero-order chi connectivity index (χ0) is 14.7. The van der Waals surface area contributed by atoms with Crippen LogP contribution in [0.1, 0.15) is 10.5 Å². The van der Waals surface area contributed by atoms with Crippen LogP contribution in [0.4, 0.5) is 5.69 Å². The van der Waals surface area contributed by atoms with Gasteiger partial charge in [-0.25, -0.2) is 4.98 Å². The third kappa shape index (κ3) is 3.33. The number of likely N-dealkylation sites (N-methyl/N-ethyl adjacent to an activating group) is 1. The van der Waals surface area contributed by atoms with E-state index in [-0.39, 0.29) is 5.91 Å². The summed E-state index contributed by atoms with van der Waals surface area (Å²) in [4.78, 5) is 23.1. The van der Waals surface area contributed by atoms with Crippen molar-refractivity contribution in [1.29, 1.82) is 0 Å². The number of aromatic nitrogens is 1. The molecule has 2 saturated heterocycles. The molecule has 21 heavy (non-hydrogen) atoms. The third-order valence-corrected chi connectivity index (χ3v) is 4.13. The molecule has 1 aromatic rings. The van der Waals surface area contributed by atoms with Gasteiger partial charge in [-0.15, -0.1) is 0 Å². The van der Waals surface area contributed by atoms with Gasteiger partial charge in [0.05, 0.1) is 25.1 Å². The summed E-state index contributed by atoms with van der Waals surface area (Å²) in [7, 11) is 2.14. The molecule has 0 saturated carbocycles. The fourth-order valence-corrected chi connectivity index (χ4v) is 2.69. The lowest BCUT2D eigenvalue weighted by Gasteiger charge is -2.33. The van der Waals surface area contributed by atoms with Gasteiger partial charge < -0.3 is 19.4 Å². The lowest BCUT2D eigenvalue weighted by atomic mass is 10.2. The van der Waals surface area contributed by atoms with Crippen LogP contribution in [-0.4, -0.2) is 80.2 Å². The Bertz CT molecular complexity index is 477. The fourth-order valence-electron chi connectivity index (χ4n) is 2.69. The zero-order valence-corrected chi connectivity index (χ0v) is 12.5. The van der Waals surface area contributed by atoms with Crippen molar-refractivity contribution < 1.29 is 9.53 Å². The minimum atomic E-state index is 0.00299. The molecular formula is C15H22N4O2. The first-order valence-corrected chi connectivity index (χ1v) is 7.50. The maximum Gasteiger partial charge on any atom is 0.272 e. The number of pyridine rings is 1. The average Bonchev–Trinajstić information content (AvgIpc) is 2.56. The van der Waals surface area contributed by atoms with E-state index in [0.29, 0.717) is 32.0 Å². The Hall–Kier alpha value is -1.66. The number of piperazine rings is 1. The van der Waals surface area contributed by atoms with Crippen LogP contribution in [-0.2, 0) is 4.74 Å². The molecule has 0 aromatic carbocycles. The van der Waals surface area contributed by atoms with Gasteiger partial charge in [-0.05, 0) is 19.2 Å². The molecule has 3 heterocycles. The number of carbonyl (C=O) groups is 1. The fraction of sp³-hybridized carbons (Fsp3) is 0.600. The van der Waals surface area contributed by atoms with E-state index in [1.54, 1.807) is 4.90 Å². The second-order valence-corrected chi connectivity index (χ2v) is 5.60. The Balaban J connectivity index is 1.64. The van der Waals surface area contributed by atoms with Crippen LogP contribution in [0.3, 0.4) is 0 Å². The van der Waals surface area contributed by atoms with Crippen molar-refractivity contribution in [2.75, 3.05) is 64.4 Å². The number of ether oxygens (including phenoxy) is 1. The summed E-state index contributed by atoms with van der Waals surface area (Å²) in [5.74, 6) is 0.00299. The Morgan fingerprint density at radius 2 is 1.81 bits per heavy atom. The highest BCUT2D eigenvalue weighted by Crippen LogP contribution is 2.16. The monoisotopic (exact) mass is 290 g/mol. The van der Waals surface area contributed by atoms with Gasteiger partial charge in [0.2, 0.25) is 0 Å². The largest absolute Gasteiger partial charge is 0.378 e. The quantitative estimate of drug-likeness (QED) is 0.784. The molecule has 6 heteroatoms. The van der Waals surface area contributed by atoms with Crippen molar-refractivity contribution in [2.45, 2.75) is 0 Å². The standard InChI is InChI=1S/C15H22N4O2/c1-17-4-6-18(7-5-17)13-2-3-14(16-12-13)15(20)19-8-10-21-11-9-19/h2-3,12H,4-11H2,1H3. The minimum Gasteiger partial charge on any atom is -0.378 e. The van der Waals surface area contributed by atoms with Crippen molar-refractivity contribution >= 4 is 11.6 Å². The smallest absolute Gasteiger partial charge is 0.272 e. The summed E-state index contributed by atoms with van der Waals surface area (Å²) in [6, 6.07) is 3.84. The summed E-state index contributed by atoms with van der Waals surface area (Å²) in [6.07, 6.45) is 1.82. The topological polar surface area (TPSA) is 48.9 Å². The third-order valence-electron chi connectivity index (χ3n) is 4.13. The highest BCUT2D eigenvalue weighted by molar-refractivity contribution is 5.92. The highest BCUT2D eigenvalue weighted by Gasteiger charge is 2.20. The summed E-state index contributed by atoms with van der Waals surface area (Å²) in [6.45, 7) is 6.69. The number of hydrogen-bond acceptors (Lipinski definition) is 5. The minimum absolute atomic E-state index is 0.00299. The molecule has 0 aliphatic carbocycles. The van der Waals surface area contributed by atoms with Gasteiger partial charge in [-0.1, -0.05) is 0 Å². The molecular weight excluding hydrogens is 268 g/mol. The summed E-state index contributed by atoms with van der Waals surface area (Å²) >= 11 is 0. The molecule has 2 aliphatic rings. The SMILES string of the molecule is CN1CCN(c2ccc(C(=O)N3CCOCC3)nc2)CC1. The first-order valence-electron chi connectivity index (χ1n) is 7.50. The second kappa shape index (κ2) is 6.41. The first kappa shape index (κ1) is 14.3. The van der Waals surface area contributed by atoms with Crippen LogP contribution in [0, 0.1) is 0 Å². The van der Waals surface area contributed by atoms with Gasteiger partial charge in [-0.3, -0.25) is 4.79 Å². The van der Waals surface area contributed by atoms with Gasteiger partial charge in [0.25, 0.3) is 5.91 Å². The van der Waals surface area contributed by atoms with E-state index in [2.05, 4.69) is 21.8 Å². The average molecular weight is 290 g/mol. The number of nitrogens with zero attached hydrogens (tertiary/aromatic N) is 4. The van der Waals surface area contributed by atoms with Gasteiger partial charge in [0, 0.05) is 39.3 Å². The number of amides is 1. The molecule has 1 amide bonds. The van der Waals surface area contributed by atoms with Crippen molar-refractivity contribution in [2.24, 2.45) is 0 Å². The van der Waals surface area contributed by atoms with Crippen LogP contribution in [0.2, 0.25) is 0 Å². The Morgan fingerprint density at radius 1 is 1.10 bits per heavy atom. The van der Waals surface area contributed by atoms with Crippen LogP contribution in [0.15, 0.2) is 18.3 Å². The van der Waals surface area contributed by atoms with Crippen molar-refractivity contribution in [3.8, 4) is 0 Å². The van der Waals surface area contributed by atoms with Crippen LogP contribution in [0.25, 0.3) is 0 Å². The molecule has 0 spiro atoms. The van der Waals surface area contributed by atoms with Gasteiger partial charge >= 0.3 is 0 Å². The zero-order valence-electron chi connectivity index (χ0n) is 12.5. The highest BCUT2D eigenvalue weighted by atomic mass is 16.5. The van der Waals surface area contributed by atoms with E-state index in [0.717, 1.165) is 31.9 Å². The second-order valence-electron chi connectivity index (χ2n) is 5.60. The summed E-state index contributed by atoms with van der Waals surface area (Å²) < 4.78 is 5.27. The van der Waals surface area contributed by atoms with Crippen LogP contribution >= 0.6 is 0 Å². The Kier molecular flexibility index (Phi) is 4.36. The Labute approximate surface area is 125 Å². The molecule has 0 unspecified atom stereocenters. The number of carbonyl (C=O) groups excluding carboxylic acids is 1. The van der Waals surface area contributed by atoms with E-state index < -0.39 is 0 Å². The molecule has 3 rings (SSSR count). The van der Waals surface area contributed by atoms with E-state index in [1.807, 2.05) is 18.3 Å². The number of hydrogen-bond donors (Lipinski definition) is 0. The maximum absolute atomic E-state index is 12.3. The van der Waals surface area contributed by atoms with Crippen LogP contribution < -0.4 is 4.90 Å². The number of rotatable bonds is 2. The predicted octanol–water partition coefficient (Wildman–Crippen LogP) is 0.306. The summed E-state index contributed by atoms with van der Waals surface area (Å²) in [5, 5.41) is 0. The van der Waals surface area contributed by atoms with E-state index >= 15 is 0 Å². The Morgan fingerprint density at radius 3 is 2.43 bits per heavy atom. The lowest BCUT2D eigenvalue weighted by Crippen LogP contribution is -2.44. The van der Waals surface area contributed by atoms with Gasteiger partial charge in [0.15, 0.2) is 0 Å². The molecule has 0 radical (unpaired) electrons. The maximum atomic E-state index is 12.3. The van der Waals surface area contributed by atoms with E-state index in [1.165, 1.54) is 0 Å². The van der Waals surface area contributed by atoms with Crippen molar-refractivity contribution in [3.05, 3.63) is 24.0 Å². The van der Waals surface area contributed by atoms with E-state index in [9.17, 15) is 4.79 Å². The molecule has 0 bridgehead atoms. The van der Waals surface area contributed by atoms with Crippen molar-refractivity contribution in [3.63, 3.8) is 0 Å². The normalized spacial score (nSPS) is 20.6. The number of anilines is 1. The lowest BCUT2D eigenvalue weighted by molar-refractivity contribution is 0.0299. The first-order chi connectivity index (χ1) is 10.2. The van der Waals surface area contributed by atoms with Crippen LogP contribution in [0.5, 0.6) is 0 Å². The molecule has 114 valence electrons. The molecule has 6 nitrogen and oxygen atoms in total. The summed E-state index contributed by atoms with van der Waals surface area (Å²) in [5.41, 5.74) is 1.62. The molecule has 0 atom stereocenters. The molecule has 1 aromatic heterocycles. The predicted molar refractivity (Wildman–Crippen MR) is 80.7 cm³/mol. The van der Waals surface area contributed by atoms with Gasteiger partial charge in [0.1, 0.15) is 5.69 Å². The van der Waals surface area contributed by atoms with Crippen molar-refractivity contribution in [1.82, 2.24) is 14.8 Å². The van der Waals surface area contributed by atoms with Gasteiger partial charge in [-0.2, -0.15) is 0 Å². The van der Waals surface area contributed by atoms with E-state index in [4.69, 9.17) is 4.74 Å². The molecule has 2 aliphatic heterocycles. The molecule has 2 fully saturated rings. The molecule has 0 N–H and O–H groups in total.